The number of ether oxygens (including phenoxy) is 1. The van der Waals surface area contributed by atoms with Crippen LogP contribution in [0.5, 0.6) is 5.75 Å². The Bertz CT molecular complexity index is 1210. The lowest BCUT2D eigenvalue weighted by molar-refractivity contribution is -0.123. The quantitative estimate of drug-likeness (QED) is 0.520. The highest BCUT2D eigenvalue weighted by Gasteiger charge is 2.52. The second-order valence-electron chi connectivity index (χ2n) is 8.02. The maximum atomic E-state index is 14.3. The SMILES string of the molecule is Cn1cncc1COc1cc(N[S@@+]([O-])c2ccc(Cl)cc2F)cc2c1NC(=O)C21CCC1. The number of nitrogens with zero attached hydrogens (tertiary/aromatic N) is 2. The van der Waals surface area contributed by atoms with E-state index in [1.807, 2.05) is 11.6 Å². The lowest BCUT2D eigenvalue weighted by Gasteiger charge is -2.36. The summed E-state index contributed by atoms with van der Waals surface area (Å²) in [4.78, 5) is 16.9. The zero-order valence-corrected chi connectivity index (χ0v) is 18.7. The highest BCUT2D eigenvalue weighted by Crippen LogP contribution is 2.54. The number of nitrogens with one attached hydrogen (secondary N) is 2. The van der Waals surface area contributed by atoms with Crippen LogP contribution in [-0.2, 0) is 35.2 Å². The Kier molecular flexibility index (Phi) is 5.27. The minimum Gasteiger partial charge on any atom is -0.588 e. The molecule has 1 spiro atoms. The van der Waals surface area contributed by atoms with Crippen LogP contribution in [0.2, 0.25) is 5.02 Å². The Labute approximate surface area is 192 Å². The second kappa shape index (κ2) is 7.99. The lowest BCUT2D eigenvalue weighted by Crippen LogP contribution is -2.40. The van der Waals surface area contributed by atoms with E-state index < -0.39 is 22.6 Å². The molecular weight excluding hydrogens is 455 g/mol. The van der Waals surface area contributed by atoms with Gasteiger partial charge >= 0.3 is 0 Å². The minimum absolute atomic E-state index is 0.0141. The van der Waals surface area contributed by atoms with Crippen molar-refractivity contribution in [2.24, 2.45) is 7.05 Å². The minimum atomic E-state index is -1.87. The second-order valence-corrected chi connectivity index (χ2v) is 9.63. The van der Waals surface area contributed by atoms with Crippen LogP contribution >= 0.6 is 11.6 Å². The van der Waals surface area contributed by atoms with Gasteiger partial charge in [-0.15, -0.1) is 0 Å². The molecule has 32 heavy (non-hydrogen) atoms. The molecule has 2 aromatic carbocycles. The van der Waals surface area contributed by atoms with Crippen molar-refractivity contribution in [2.75, 3.05) is 10.0 Å². The Balaban J connectivity index is 1.49. The average molecular weight is 475 g/mol. The maximum Gasteiger partial charge on any atom is 0.235 e. The van der Waals surface area contributed by atoms with E-state index in [1.165, 1.54) is 12.1 Å². The van der Waals surface area contributed by atoms with Crippen LogP contribution in [0, 0.1) is 5.82 Å². The van der Waals surface area contributed by atoms with Crippen LogP contribution in [0.15, 0.2) is 47.8 Å². The smallest absolute Gasteiger partial charge is 0.235 e. The number of carbonyl (C=O) groups is 1. The van der Waals surface area contributed by atoms with Crippen molar-refractivity contribution >= 4 is 40.2 Å². The average Bonchev–Trinajstić information content (AvgIpc) is 3.25. The predicted molar refractivity (Wildman–Crippen MR) is 120 cm³/mol. The molecule has 166 valence electrons. The molecule has 0 unspecified atom stereocenters. The van der Waals surface area contributed by atoms with Crippen molar-refractivity contribution in [3.05, 3.63) is 65.0 Å². The summed E-state index contributed by atoms with van der Waals surface area (Å²) in [5.41, 5.74) is 2.18. The molecule has 10 heteroatoms. The van der Waals surface area contributed by atoms with Crippen LogP contribution in [0.25, 0.3) is 0 Å². The summed E-state index contributed by atoms with van der Waals surface area (Å²) >= 11 is 3.93. The van der Waals surface area contributed by atoms with Gasteiger partial charge in [0.25, 0.3) is 0 Å². The number of halogens is 2. The highest BCUT2D eigenvalue weighted by atomic mass is 35.5. The number of hydrogen-bond donors (Lipinski definition) is 2. The van der Waals surface area contributed by atoms with E-state index in [1.54, 1.807) is 24.7 Å². The molecule has 1 aromatic heterocycles. The third kappa shape index (κ3) is 3.50. The number of fused-ring (bicyclic) bond motifs is 2. The molecule has 0 radical (unpaired) electrons. The molecule has 1 fully saturated rings. The fourth-order valence-corrected chi connectivity index (χ4v) is 5.17. The van der Waals surface area contributed by atoms with Crippen LogP contribution in [0.4, 0.5) is 15.8 Å². The van der Waals surface area contributed by atoms with E-state index in [2.05, 4.69) is 15.0 Å². The Morgan fingerprint density at radius 1 is 1.38 bits per heavy atom. The van der Waals surface area contributed by atoms with Gasteiger partial charge in [-0.2, -0.15) is 0 Å². The first kappa shape index (κ1) is 21.1. The van der Waals surface area contributed by atoms with Crippen LogP contribution in [0.3, 0.4) is 0 Å². The van der Waals surface area contributed by atoms with E-state index in [0.29, 0.717) is 17.1 Å². The highest BCUT2D eigenvalue weighted by molar-refractivity contribution is 7.92. The number of carbonyl (C=O) groups excluding carboxylic acids is 1. The van der Waals surface area contributed by atoms with Gasteiger partial charge < -0.3 is 19.2 Å². The predicted octanol–water partition coefficient (Wildman–Crippen LogP) is 4.30. The summed E-state index contributed by atoms with van der Waals surface area (Å²) in [5.74, 6) is -0.257. The molecule has 0 saturated heterocycles. The van der Waals surface area contributed by atoms with Crippen molar-refractivity contribution in [2.45, 2.75) is 36.2 Å². The van der Waals surface area contributed by atoms with Crippen LogP contribution < -0.4 is 14.8 Å². The lowest BCUT2D eigenvalue weighted by atomic mass is 9.65. The van der Waals surface area contributed by atoms with Gasteiger partial charge in [-0.25, -0.2) is 14.1 Å². The molecule has 2 heterocycles. The van der Waals surface area contributed by atoms with Crippen molar-refractivity contribution in [3.63, 3.8) is 0 Å². The summed E-state index contributed by atoms with van der Waals surface area (Å²) in [5, 5.41) is 3.19. The zero-order chi connectivity index (χ0) is 22.5. The normalized spacial score (nSPS) is 16.9. The van der Waals surface area contributed by atoms with E-state index in [9.17, 15) is 13.7 Å². The summed E-state index contributed by atoms with van der Waals surface area (Å²) in [6, 6.07) is 7.45. The van der Waals surface area contributed by atoms with E-state index >= 15 is 0 Å². The zero-order valence-electron chi connectivity index (χ0n) is 17.2. The third-order valence-corrected chi connectivity index (χ3v) is 7.48. The number of benzene rings is 2. The van der Waals surface area contributed by atoms with Gasteiger partial charge in [0.2, 0.25) is 10.8 Å². The fraction of sp³-hybridized carbons (Fsp3) is 0.273. The van der Waals surface area contributed by atoms with E-state index in [0.717, 1.165) is 36.6 Å². The summed E-state index contributed by atoms with van der Waals surface area (Å²) < 4.78 is 37.8. The van der Waals surface area contributed by atoms with Gasteiger partial charge in [-0.05, 0) is 36.6 Å². The van der Waals surface area contributed by atoms with Gasteiger partial charge in [0, 0.05) is 24.2 Å². The number of rotatable bonds is 6. The number of anilines is 2. The van der Waals surface area contributed by atoms with Gasteiger partial charge in [0.05, 0.1) is 35.0 Å². The topological polar surface area (TPSA) is 91.2 Å². The Morgan fingerprint density at radius 3 is 2.84 bits per heavy atom. The third-order valence-electron chi connectivity index (χ3n) is 6.09. The molecule has 1 aliphatic carbocycles. The number of hydrogen-bond acceptors (Lipinski definition) is 5. The van der Waals surface area contributed by atoms with Crippen molar-refractivity contribution in [1.82, 2.24) is 9.55 Å². The maximum absolute atomic E-state index is 14.3. The number of aromatic nitrogens is 2. The van der Waals surface area contributed by atoms with Crippen molar-refractivity contribution in [3.8, 4) is 5.75 Å². The molecular formula is C22H20ClFN4O3S. The van der Waals surface area contributed by atoms with E-state index in [-0.39, 0.29) is 22.4 Å². The molecule has 1 saturated carbocycles. The Morgan fingerprint density at radius 2 is 2.19 bits per heavy atom. The first-order valence-electron chi connectivity index (χ1n) is 10.1. The fourth-order valence-electron chi connectivity index (χ4n) is 4.14. The van der Waals surface area contributed by atoms with E-state index in [4.69, 9.17) is 16.3 Å². The van der Waals surface area contributed by atoms with Crippen molar-refractivity contribution < 1.29 is 18.5 Å². The largest absolute Gasteiger partial charge is 0.588 e. The number of imidazole rings is 1. The molecule has 5 rings (SSSR count). The molecule has 7 nitrogen and oxygen atoms in total. The molecule has 1 amide bonds. The molecule has 1 aliphatic heterocycles. The van der Waals surface area contributed by atoms with Crippen LogP contribution in [0.1, 0.15) is 30.5 Å². The number of aryl methyl sites for hydroxylation is 1. The Hall–Kier alpha value is -2.75. The van der Waals surface area contributed by atoms with Gasteiger partial charge in [-0.1, -0.05) is 18.0 Å². The molecule has 2 N–H and O–H groups in total. The standard InChI is InChI=1S/C22H20ClFN4O3S/c1-28-12-25-10-15(28)11-31-18-9-14(27-32(30)19-4-3-13(23)7-17(19)24)8-16-20(18)26-21(29)22(16)5-2-6-22/h3-4,7-10,12,27H,2,5-6,11H2,1H3,(H,26,29)/t32-/m0/s1. The first-order chi connectivity index (χ1) is 15.4. The number of amides is 1. The van der Waals surface area contributed by atoms with Gasteiger partial charge in [-0.3, -0.25) is 4.79 Å². The molecule has 0 bridgehead atoms. The first-order valence-corrected chi connectivity index (χ1v) is 11.6. The van der Waals surface area contributed by atoms with Crippen molar-refractivity contribution in [1.29, 1.82) is 0 Å². The molecule has 2 aliphatic rings. The van der Waals surface area contributed by atoms with Crippen LogP contribution in [-0.4, -0.2) is 20.0 Å². The summed E-state index contributed by atoms with van der Waals surface area (Å²) in [6.07, 6.45) is 5.82. The summed E-state index contributed by atoms with van der Waals surface area (Å²) in [6.45, 7) is 0.240. The van der Waals surface area contributed by atoms with Gasteiger partial charge in [0.1, 0.15) is 23.7 Å². The monoisotopic (exact) mass is 474 g/mol. The summed E-state index contributed by atoms with van der Waals surface area (Å²) in [7, 11) is 1.86. The molecule has 1 atom stereocenters. The molecule has 3 aromatic rings. The van der Waals surface area contributed by atoms with Gasteiger partial charge in [0.15, 0.2) is 5.82 Å².